The van der Waals surface area contributed by atoms with E-state index < -0.39 is 11.9 Å². The fraction of sp³-hybridized carbons (Fsp3) is 0.412. The van der Waals surface area contributed by atoms with Gasteiger partial charge in [0.1, 0.15) is 10.8 Å². The van der Waals surface area contributed by atoms with Gasteiger partial charge in [-0.3, -0.25) is 4.79 Å². The highest BCUT2D eigenvalue weighted by Crippen LogP contribution is 2.43. The normalized spacial score (nSPS) is 15.3. The van der Waals surface area contributed by atoms with Gasteiger partial charge in [0.05, 0.1) is 5.02 Å². The molecule has 0 saturated heterocycles. The highest BCUT2D eigenvalue weighted by atomic mass is 35.5. The summed E-state index contributed by atoms with van der Waals surface area (Å²) < 4.78 is 10.5. The van der Waals surface area contributed by atoms with Crippen LogP contribution in [0.4, 0.5) is 4.79 Å². The molecule has 0 bridgehead atoms. The minimum atomic E-state index is -1.42. The van der Waals surface area contributed by atoms with E-state index in [0.29, 0.717) is 24.8 Å². The van der Waals surface area contributed by atoms with E-state index in [1.165, 1.54) is 12.1 Å². The number of ketones is 1. The second-order valence-corrected chi connectivity index (χ2v) is 6.41. The second-order valence-electron chi connectivity index (χ2n) is 5.66. The van der Waals surface area contributed by atoms with Crippen molar-refractivity contribution in [2.75, 3.05) is 0 Å². The van der Waals surface area contributed by atoms with E-state index >= 15 is 0 Å². The Labute approximate surface area is 150 Å². The third kappa shape index (κ3) is 3.84. The van der Waals surface area contributed by atoms with Crippen LogP contribution in [0.5, 0.6) is 5.75 Å². The average Bonchev–Trinajstić information content (AvgIpc) is 2.48. The van der Waals surface area contributed by atoms with Gasteiger partial charge in [-0.05, 0) is 30.5 Å². The van der Waals surface area contributed by atoms with Crippen LogP contribution in [0.3, 0.4) is 0 Å². The number of allylic oxidation sites excluding steroid dienone is 1. The Morgan fingerprint density at radius 1 is 1.29 bits per heavy atom. The number of carbonyl (C=O) groups excluding carboxylic acids is 1. The van der Waals surface area contributed by atoms with Gasteiger partial charge in [-0.25, -0.2) is 4.79 Å². The molecule has 0 unspecified atom stereocenters. The van der Waals surface area contributed by atoms with Crippen molar-refractivity contribution >= 4 is 35.1 Å². The molecule has 1 fully saturated rings. The molecular weight excluding hydrogens is 355 g/mol. The summed E-state index contributed by atoms with van der Waals surface area (Å²) in [6, 6.07) is 2.99. The maximum absolute atomic E-state index is 12.3. The zero-order valence-electron chi connectivity index (χ0n) is 13.2. The number of carboxylic acid groups (broad SMARTS) is 1. The highest BCUT2D eigenvalue weighted by Gasteiger charge is 2.44. The average molecular weight is 373 g/mol. The molecule has 0 aliphatic heterocycles. The minimum absolute atomic E-state index is 0.0482. The van der Waals surface area contributed by atoms with E-state index in [4.69, 9.17) is 37.8 Å². The minimum Gasteiger partial charge on any atom is -0.450 e. The number of hydrogen-bond acceptors (Lipinski definition) is 4. The van der Waals surface area contributed by atoms with E-state index in [9.17, 15) is 9.59 Å². The standard InChI is InChI=1S/C17H18Cl2O5/c1-3-5-10(2)15(20)11-6-7-12(14(19)13(11)18)23-17(8-4-9-17)24-16(21)22/h6-7H,2-5,8-9H2,1H3,(H,21,22). The summed E-state index contributed by atoms with van der Waals surface area (Å²) in [6.45, 7) is 5.71. The maximum atomic E-state index is 12.3. The third-order valence-electron chi connectivity index (χ3n) is 3.85. The molecule has 0 radical (unpaired) electrons. The first-order valence-electron chi connectivity index (χ1n) is 7.61. The summed E-state index contributed by atoms with van der Waals surface area (Å²) in [6.07, 6.45) is 1.60. The van der Waals surface area contributed by atoms with Crippen molar-refractivity contribution in [1.29, 1.82) is 0 Å². The summed E-state index contributed by atoms with van der Waals surface area (Å²) in [7, 11) is 0. The Morgan fingerprint density at radius 2 is 1.96 bits per heavy atom. The summed E-state index contributed by atoms with van der Waals surface area (Å²) in [5.74, 6) is -1.33. The van der Waals surface area contributed by atoms with E-state index in [-0.39, 0.29) is 27.1 Å². The van der Waals surface area contributed by atoms with Crippen LogP contribution >= 0.6 is 23.2 Å². The van der Waals surface area contributed by atoms with Crippen LogP contribution in [0.15, 0.2) is 24.3 Å². The number of ether oxygens (including phenoxy) is 2. The van der Waals surface area contributed by atoms with Gasteiger partial charge in [-0.15, -0.1) is 0 Å². The SMILES string of the molecule is C=C(CCC)C(=O)c1ccc(OC2(OC(=O)O)CCC2)c(Cl)c1Cl. The molecule has 2 rings (SSSR count). The van der Waals surface area contributed by atoms with Crippen LogP contribution in [0.2, 0.25) is 10.0 Å². The van der Waals surface area contributed by atoms with Gasteiger partial charge >= 0.3 is 6.16 Å². The van der Waals surface area contributed by atoms with Crippen molar-refractivity contribution in [1.82, 2.24) is 0 Å². The van der Waals surface area contributed by atoms with Gasteiger partial charge in [0, 0.05) is 18.4 Å². The number of rotatable bonds is 7. The molecule has 0 amide bonds. The molecule has 0 aromatic heterocycles. The van der Waals surface area contributed by atoms with Crippen molar-refractivity contribution in [3.05, 3.63) is 39.9 Å². The van der Waals surface area contributed by atoms with Crippen molar-refractivity contribution in [2.45, 2.75) is 44.8 Å². The molecule has 1 N–H and O–H groups in total. The van der Waals surface area contributed by atoms with E-state index in [1.807, 2.05) is 6.92 Å². The van der Waals surface area contributed by atoms with Crippen molar-refractivity contribution < 1.29 is 24.2 Å². The predicted molar refractivity (Wildman–Crippen MR) is 91.2 cm³/mol. The molecule has 0 atom stereocenters. The molecule has 1 aliphatic carbocycles. The Balaban J connectivity index is 2.25. The van der Waals surface area contributed by atoms with Gasteiger partial charge in [0.2, 0.25) is 0 Å². The molecule has 5 nitrogen and oxygen atoms in total. The number of halogens is 2. The topological polar surface area (TPSA) is 72.8 Å². The van der Waals surface area contributed by atoms with Gasteiger partial charge < -0.3 is 14.6 Å². The molecule has 24 heavy (non-hydrogen) atoms. The lowest BCUT2D eigenvalue weighted by Gasteiger charge is -2.39. The van der Waals surface area contributed by atoms with E-state index in [2.05, 4.69) is 6.58 Å². The molecule has 130 valence electrons. The lowest BCUT2D eigenvalue weighted by atomic mass is 9.91. The molecule has 1 saturated carbocycles. The first-order valence-corrected chi connectivity index (χ1v) is 8.36. The third-order valence-corrected chi connectivity index (χ3v) is 4.71. The predicted octanol–water partition coefficient (Wildman–Crippen LogP) is 5.49. The molecule has 1 aromatic carbocycles. The molecule has 1 aliphatic rings. The van der Waals surface area contributed by atoms with Crippen LogP contribution in [-0.2, 0) is 4.74 Å². The Kier molecular flexibility index (Phi) is 5.78. The van der Waals surface area contributed by atoms with Crippen molar-refractivity contribution in [3.8, 4) is 5.75 Å². The molecule has 0 heterocycles. The van der Waals surface area contributed by atoms with Gasteiger partial charge in [-0.2, -0.15) is 0 Å². The maximum Gasteiger partial charge on any atom is 0.509 e. The first kappa shape index (κ1) is 18.6. The first-order chi connectivity index (χ1) is 11.3. The Bertz CT molecular complexity index is 680. The summed E-state index contributed by atoms with van der Waals surface area (Å²) in [5, 5.41) is 8.93. The van der Waals surface area contributed by atoms with Crippen LogP contribution in [0.1, 0.15) is 49.4 Å². The number of benzene rings is 1. The molecule has 0 spiro atoms. The lowest BCUT2D eigenvalue weighted by Crippen LogP contribution is -2.47. The van der Waals surface area contributed by atoms with Crippen molar-refractivity contribution in [3.63, 3.8) is 0 Å². The quantitative estimate of drug-likeness (QED) is 0.296. The Morgan fingerprint density at radius 3 is 2.46 bits per heavy atom. The second kappa shape index (κ2) is 7.45. The lowest BCUT2D eigenvalue weighted by molar-refractivity contribution is -0.198. The van der Waals surface area contributed by atoms with Gasteiger partial charge in [0.25, 0.3) is 5.79 Å². The zero-order chi connectivity index (χ0) is 17.9. The highest BCUT2D eigenvalue weighted by molar-refractivity contribution is 6.45. The summed E-state index contributed by atoms with van der Waals surface area (Å²) in [4.78, 5) is 23.1. The summed E-state index contributed by atoms with van der Waals surface area (Å²) >= 11 is 12.4. The van der Waals surface area contributed by atoms with E-state index in [1.54, 1.807) is 0 Å². The fourth-order valence-corrected chi connectivity index (χ4v) is 2.89. The number of Topliss-reactive ketones (excluding diaryl/α,β-unsaturated/α-hetero) is 1. The van der Waals surface area contributed by atoms with Gasteiger partial charge in [0.15, 0.2) is 5.78 Å². The van der Waals surface area contributed by atoms with Crippen LogP contribution in [0, 0.1) is 0 Å². The molecular formula is C17H18Cl2O5. The molecule has 7 heteroatoms. The summed E-state index contributed by atoms with van der Waals surface area (Å²) in [5.41, 5.74) is 0.697. The van der Waals surface area contributed by atoms with Crippen LogP contribution < -0.4 is 4.74 Å². The van der Waals surface area contributed by atoms with Crippen LogP contribution in [0.25, 0.3) is 0 Å². The number of hydrogen-bond donors (Lipinski definition) is 1. The fourth-order valence-electron chi connectivity index (χ4n) is 2.44. The monoisotopic (exact) mass is 372 g/mol. The Hall–Kier alpha value is -1.72. The largest absolute Gasteiger partial charge is 0.509 e. The van der Waals surface area contributed by atoms with Crippen molar-refractivity contribution in [2.24, 2.45) is 0 Å². The zero-order valence-corrected chi connectivity index (χ0v) is 14.7. The molecule has 1 aromatic rings. The van der Waals surface area contributed by atoms with E-state index in [0.717, 1.165) is 12.8 Å². The van der Waals surface area contributed by atoms with Gasteiger partial charge in [-0.1, -0.05) is 43.1 Å². The van der Waals surface area contributed by atoms with Crippen LogP contribution in [-0.4, -0.2) is 22.8 Å². The number of carbonyl (C=O) groups is 2. The smallest absolute Gasteiger partial charge is 0.450 e.